The van der Waals surface area contributed by atoms with Gasteiger partial charge in [-0.1, -0.05) is 17.3 Å². The molecule has 8 nitrogen and oxygen atoms in total. The van der Waals surface area contributed by atoms with Gasteiger partial charge in [0.05, 0.1) is 12.2 Å². The predicted octanol–water partition coefficient (Wildman–Crippen LogP) is 3.90. The number of nitrogens with zero attached hydrogens (tertiary/aromatic N) is 5. The van der Waals surface area contributed by atoms with E-state index >= 15 is 0 Å². The van der Waals surface area contributed by atoms with Crippen LogP contribution in [-0.4, -0.2) is 58.6 Å². The zero-order chi connectivity index (χ0) is 22.2. The molecule has 0 saturated carbocycles. The van der Waals surface area contributed by atoms with Crippen molar-refractivity contribution in [3.05, 3.63) is 72.0 Å². The molecule has 0 amide bonds. The lowest BCUT2D eigenvalue weighted by Crippen LogP contribution is -2.52. The Morgan fingerprint density at radius 2 is 2.03 bits per heavy atom. The van der Waals surface area contributed by atoms with Gasteiger partial charge in [0.1, 0.15) is 17.8 Å². The molecule has 1 saturated heterocycles. The van der Waals surface area contributed by atoms with Crippen molar-refractivity contribution in [3.63, 3.8) is 0 Å². The fourth-order valence-corrected chi connectivity index (χ4v) is 3.53. The lowest BCUT2D eigenvalue weighted by molar-refractivity contribution is 0.169. The lowest BCUT2D eigenvalue weighted by Gasteiger charge is -2.36. The van der Waals surface area contributed by atoms with Crippen LogP contribution in [0.3, 0.4) is 0 Å². The third-order valence-corrected chi connectivity index (χ3v) is 5.14. The second-order valence-corrected chi connectivity index (χ2v) is 7.45. The fraction of sp³-hybridized carbons (Fsp3) is 0.348. The normalized spacial score (nSPS) is 14.6. The van der Waals surface area contributed by atoms with E-state index in [1.807, 2.05) is 18.2 Å². The van der Waals surface area contributed by atoms with E-state index in [1.165, 1.54) is 12.1 Å². The van der Waals surface area contributed by atoms with Gasteiger partial charge < -0.3 is 19.5 Å². The Morgan fingerprint density at radius 1 is 1.18 bits per heavy atom. The number of hydrogen-bond acceptors (Lipinski definition) is 6. The topological polar surface area (TPSA) is 79.0 Å². The van der Waals surface area contributed by atoms with Gasteiger partial charge in [-0.3, -0.25) is 4.90 Å². The second kappa shape index (κ2) is 12.5. The lowest BCUT2D eigenvalue weighted by atomic mass is 10.2. The van der Waals surface area contributed by atoms with E-state index in [2.05, 4.69) is 32.2 Å². The van der Waals surface area contributed by atoms with E-state index in [1.54, 1.807) is 24.6 Å². The average Bonchev–Trinajstić information content (AvgIpc) is 3.31. The summed E-state index contributed by atoms with van der Waals surface area (Å²) in [7, 11) is 0. The van der Waals surface area contributed by atoms with Gasteiger partial charge in [0.2, 0.25) is 5.88 Å². The summed E-state index contributed by atoms with van der Waals surface area (Å²) in [6.07, 6.45) is 3.26. The summed E-state index contributed by atoms with van der Waals surface area (Å²) in [5, 5.41) is 7.37. The molecule has 1 aliphatic rings. The highest BCUT2D eigenvalue weighted by Gasteiger charge is 2.20. The van der Waals surface area contributed by atoms with Crippen LogP contribution in [0.25, 0.3) is 0 Å². The predicted molar refractivity (Wildman–Crippen MR) is 134 cm³/mol. The minimum Gasteiger partial charge on any atom is -0.439 e. The first-order chi connectivity index (χ1) is 15.7. The molecule has 1 N–H and O–H groups in total. The Kier molecular flexibility index (Phi) is 9.43. The molecular weight excluding hydrogens is 538 g/mol. The largest absolute Gasteiger partial charge is 0.439 e. The van der Waals surface area contributed by atoms with Gasteiger partial charge in [-0.25, -0.2) is 14.4 Å². The van der Waals surface area contributed by atoms with Gasteiger partial charge in [0.15, 0.2) is 5.96 Å². The SMILES string of the molecule is CCNC(=NCc1cccnc1Oc1cccc(F)c1)N1CCN(Cc2ccon2)CC1.I. The molecule has 0 unspecified atom stereocenters. The number of ether oxygens (including phenoxy) is 1. The van der Waals surface area contributed by atoms with Gasteiger partial charge in [-0.05, 0) is 25.1 Å². The van der Waals surface area contributed by atoms with Crippen molar-refractivity contribution in [3.8, 4) is 11.6 Å². The Hall–Kier alpha value is -2.73. The molecule has 33 heavy (non-hydrogen) atoms. The molecule has 0 aliphatic carbocycles. The number of halogens is 2. The average molecular weight is 566 g/mol. The molecule has 3 heterocycles. The third kappa shape index (κ3) is 7.13. The zero-order valence-corrected chi connectivity index (χ0v) is 20.8. The van der Waals surface area contributed by atoms with Crippen LogP contribution in [0.5, 0.6) is 11.6 Å². The number of hydrogen-bond donors (Lipinski definition) is 1. The third-order valence-electron chi connectivity index (χ3n) is 5.14. The summed E-state index contributed by atoms with van der Waals surface area (Å²) < 4.78 is 24.2. The monoisotopic (exact) mass is 566 g/mol. The van der Waals surface area contributed by atoms with Crippen molar-refractivity contribution in [1.82, 2.24) is 25.3 Å². The number of piperazine rings is 1. The van der Waals surface area contributed by atoms with Crippen LogP contribution in [0.15, 0.2) is 64.4 Å². The Labute approximate surface area is 209 Å². The summed E-state index contributed by atoms with van der Waals surface area (Å²) in [6, 6.07) is 11.7. The van der Waals surface area contributed by atoms with Crippen LogP contribution < -0.4 is 10.1 Å². The maximum Gasteiger partial charge on any atom is 0.224 e. The van der Waals surface area contributed by atoms with Gasteiger partial charge in [-0.2, -0.15) is 0 Å². The van der Waals surface area contributed by atoms with E-state index in [0.29, 0.717) is 18.2 Å². The number of aromatic nitrogens is 2. The van der Waals surface area contributed by atoms with E-state index in [-0.39, 0.29) is 29.8 Å². The molecule has 1 aliphatic heterocycles. The van der Waals surface area contributed by atoms with Crippen LogP contribution >= 0.6 is 24.0 Å². The molecule has 0 radical (unpaired) electrons. The van der Waals surface area contributed by atoms with Crippen LogP contribution in [0.2, 0.25) is 0 Å². The van der Waals surface area contributed by atoms with Crippen molar-refractivity contribution in [2.75, 3.05) is 32.7 Å². The Balaban J connectivity index is 0.00000306. The molecule has 176 valence electrons. The fourth-order valence-electron chi connectivity index (χ4n) is 3.53. The van der Waals surface area contributed by atoms with Crippen LogP contribution in [0.4, 0.5) is 4.39 Å². The smallest absolute Gasteiger partial charge is 0.224 e. The molecule has 0 bridgehead atoms. The summed E-state index contributed by atoms with van der Waals surface area (Å²) in [6.45, 7) is 7.58. The van der Waals surface area contributed by atoms with Crippen LogP contribution in [-0.2, 0) is 13.1 Å². The van der Waals surface area contributed by atoms with E-state index in [4.69, 9.17) is 14.3 Å². The van der Waals surface area contributed by atoms with Crippen LogP contribution in [0.1, 0.15) is 18.2 Å². The first-order valence-corrected chi connectivity index (χ1v) is 10.7. The molecule has 3 aromatic rings. The van der Waals surface area contributed by atoms with Crippen molar-refractivity contribution in [2.24, 2.45) is 4.99 Å². The summed E-state index contributed by atoms with van der Waals surface area (Å²) in [5.41, 5.74) is 1.78. The molecule has 2 aromatic heterocycles. The van der Waals surface area contributed by atoms with Gasteiger partial charge in [0, 0.05) is 63.2 Å². The highest BCUT2D eigenvalue weighted by Crippen LogP contribution is 2.24. The van der Waals surface area contributed by atoms with Crippen molar-refractivity contribution < 1.29 is 13.7 Å². The number of rotatable bonds is 7. The quantitative estimate of drug-likeness (QED) is 0.264. The number of nitrogens with one attached hydrogen (secondary N) is 1. The zero-order valence-electron chi connectivity index (χ0n) is 18.5. The van der Waals surface area contributed by atoms with Crippen LogP contribution in [0, 0.1) is 5.82 Å². The summed E-state index contributed by atoms with van der Waals surface area (Å²) >= 11 is 0. The van der Waals surface area contributed by atoms with Gasteiger partial charge >= 0.3 is 0 Å². The van der Waals surface area contributed by atoms with Crippen molar-refractivity contribution >= 4 is 29.9 Å². The first kappa shape index (κ1) is 24.9. The maximum absolute atomic E-state index is 13.5. The summed E-state index contributed by atoms with van der Waals surface area (Å²) in [4.78, 5) is 13.7. The number of benzene rings is 1. The highest BCUT2D eigenvalue weighted by molar-refractivity contribution is 14.0. The maximum atomic E-state index is 13.5. The van der Waals surface area contributed by atoms with E-state index < -0.39 is 0 Å². The Bertz CT molecular complexity index is 1030. The molecular formula is C23H28FIN6O2. The number of guanidine groups is 1. The first-order valence-electron chi connectivity index (χ1n) is 10.7. The molecule has 1 fully saturated rings. The second-order valence-electron chi connectivity index (χ2n) is 7.45. The van der Waals surface area contributed by atoms with E-state index in [0.717, 1.165) is 56.5 Å². The molecule has 1 aromatic carbocycles. The molecule has 0 atom stereocenters. The van der Waals surface area contributed by atoms with Gasteiger partial charge in [-0.15, -0.1) is 24.0 Å². The van der Waals surface area contributed by atoms with E-state index in [9.17, 15) is 4.39 Å². The molecule has 10 heteroatoms. The Morgan fingerprint density at radius 3 is 2.76 bits per heavy atom. The molecule has 0 spiro atoms. The molecule has 4 rings (SSSR count). The number of pyridine rings is 1. The van der Waals surface area contributed by atoms with Crippen molar-refractivity contribution in [2.45, 2.75) is 20.0 Å². The van der Waals surface area contributed by atoms with Gasteiger partial charge in [0.25, 0.3) is 0 Å². The highest BCUT2D eigenvalue weighted by atomic mass is 127. The number of aliphatic imine (C=N–C) groups is 1. The summed E-state index contributed by atoms with van der Waals surface area (Å²) in [5.74, 6) is 1.34. The van der Waals surface area contributed by atoms with Crippen molar-refractivity contribution in [1.29, 1.82) is 0 Å². The standard InChI is InChI=1S/C23H27FN6O2.HI/c1-2-25-23(30-12-10-29(11-13-30)17-20-8-14-31-28-20)27-16-18-5-4-9-26-22(18)32-21-7-3-6-19(24)15-21;/h3-9,14-15H,2,10-13,16-17H2,1H3,(H,25,27);1H. The minimum atomic E-state index is -0.352. The minimum absolute atomic E-state index is 0.